The lowest BCUT2D eigenvalue weighted by Crippen LogP contribution is -2.37. The van der Waals surface area contributed by atoms with Crippen LogP contribution in [-0.2, 0) is 4.74 Å². The van der Waals surface area contributed by atoms with E-state index in [4.69, 9.17) is 4.74 Å². The van der Waals surface area contributed by atoms with E-state index in [1.54, 1.807) is 4.90 Å². The summed E-state index contributed by atoms with van der Waals surface area (Å²) >= 11 is 3.56. The van der Waals surface area contributed by atoms with Crippen molar-refractivity contribution in [3.8, 4) is 0 Å². The highest BCUT2D eigenvalue weighted by Gasteiger charge is 2.29. The molecule has 2 aromatic rings. The van der Waals surface area contributed by atoms with Crippen LogP contribution >= 0.6 is 15.9 Å². The van der Waals surface area contributed by atoms with Gasteiger partial charge in [-0.2, -0.15) is 0 Å². The fourth-order valence-electron chi connectivity index (χ4n) is 3.22. The molecule has 0 spiro atoms. The molecule has 2 aromatic carbocycles. The maximum absolute atomic E-state index is 12.2. The first-order valence-corrected chi connectivity index (χ1v) is 9.01. The molecule has 0 fully saturated rings. The van der Waals surface area contributed by atoms with Gasteiger partial charge in [0.2, 0.25) is 0 Å². The summed E-state index contributed by atoms with van der Waals surface area (Å²) in [5, 5.41) is 3.25. The monoisotopic (exact) mass is 400 g/mol. The molecule has 130 valence electrons. The Hall–Kier alpha value is -2.27. The van der Waals surface area contributed by atoms with Crippen molar-refractivity contribution in [3.63, 3.8) is 0 Å². The van der Waals surface area contributed by atoms with Crippen molar-refractivity contribution in [2.45, 2.75) is 12.5 Å². The average molecular weight is 401 g/mol. The van der Waals surface area contributed by atoms with Crippen molar-refractivity contribution in [2.24, 2.45) is 0 Å². The highest BCUT2D eigenvalue weighted by molar-refractivity contribution is 9.10. The van der Waals surface area contributed by atoms with Crippen LogP contribution in [0.3, 0.4) is 0 Å². The third kappa shape index (κ3) is 3.71. The highest BCUT2D eigenvalue weighted by atomic mass is 79.9. The fourth-order valence-corrected chi connectivity index (χ4v) is 3.58. The summed E-state index contributed by atoms with van der Waals surface area (Å²) in [4.78, 5) is 14.0. The lowest BCUT2D eigenvalue weighted by atomic mass is 9.91. The fraction of sp³-hybridized carbons (Fsp3) is 0.250. The number of halogens is 1. The number of carbonyl (C=O) groups excluding carboxylic acids is 1. The smallest absolute Gasteiger partial charge is 0.410 e. The highest BCUT2D eigenvalue weighted by Crippen LogP contribution is 2.37. The van der Waals surface area contributed by atoms with Crippen molar-refractivity contribution in [1.29, 1.82) is 0 Å². The topological polar surface area (TPSA) is 41.6 Å². The van der Waals surface area contributed by atoms with E-state index in [1.165, 1.54) is 12.7 Å². The first kappa shape index (κ1) is 17.5. The number of benzene rings is 2. The molecular formula is C20H21BrN2O2. The number of ether oxygens (including phenoxy) is 1. The SMILES string of the molecule is CNc1ccc(Br)cc1C1=CC(c2ccccc2)N(C(=O)OC)CC1. The Balaban J connectivity index is 2.06. The van der Waals surface area contributed by atoms with Crippen molar-refractivity contribution in [3.05, 3.63) is 70.2 Å². The van der Waals surface area contributed by atoms with Crippen molar-refractivity contribution in [2.75, 3.05) is 26.0 Å². The van der Waals surface area contributed by atoms with Gasteiger partial charge in [0, 0.05) is 29.3 Å². The van der Waals surface area contributed by atoms with E-state index in [1.807, 2.05) is 43.4 Å². The third-order valence-electron chi connectivity index (χ3n) is 4.46. The summed E-state index contributed by atoms with van der Waals surface area (Å²) in [6.07, 6.45) is 2.65. The van der Waals surface area contributed by atoms with Gasteiger partial charge in [0.15, 0.2) is 0 Å². The molecule has 5 heteroatoms. The zero-order valence-corrected chi connectivity index (χ0v) is 15.9. The minimum Gasteiger partial charge on any atom is -0.453 e. The number of nitrogens with zero attached hydrogens (tertiary/aromatic N) is 1. The zero-order valence-electron chi connectivity index (χ0n) is 14.3. The van der Waals surface area contributed by atoms with Crippen molar-refractivity contribution >= 4 is 33.3 Å². The molecule has 1 N–H and O–H groups in total. The van der Waals surface area contributed by atoms with Gasteiger partial charge in [-0.3, -0.25) is 4.90 Å². The first-order valence-electron chi connectivity index (χ1n) is 8.22. The van der Waals surface area contributed by atoms with Gasteiger partial charge in [0.05, 0.1) is 13.2 Å². The summed E-state index contributed by atoms with van der Waals surface area (Å²) in [6, 6.07) is 16.1. The first-order chi connectivity index (χ1) is 12.1. The quantitative estimate of drug-likeness (QED) is 0.779. The van der Waals surface area contributed by atoms with E-state index >= 15 is 0 Å². The predicted molar refractivity (Wildman–Crippen MR) is 105 cm³/mol. The Kier molecular flexibility index (Phi) is 5.43. The number of rotatable bonds is 3. The Morgan fingerprint density at radius 1 is 1.24 bits per heavy atom. The van der Waals surface area contributed by atoms with Gasteiger partial charge in [-0.05, 0) is 35.8 Å². The van der Waals surface area contributed by atoms with E-state index < -0.39 is 0 Å². The molecule has 0 saturated carbocycles. The predicted octanol–water partition coefficient (Wildman–Crippen LogP) is 5.09. The summed E-state index contributed by atoms with van der Waals surface area (Å²) in [7, 11) is 3.35. The minimum atomic E-state index is -0.299. The molecule has 1 aliphatic rings. The van der Waals surface area contributed by atoms with Crippen LogP contribution in [0.15, 0.2) is 59.1 Å². The summed E-state index contributed by atoms with van der Waals surface area (Å²) < 4.78 is 6.02. The molecule has 3 rings (SSSR count). The van der Waals surface area contributed by atoms with Crippen molar-refractivity contribution in [1.82, 2.24) is 4.90 Å². The van der Waals surface area contributed by atoms with Gasteiger partial charge >= 0.3 is 6.09 Å². The second kappa shape index (κ2) is 7.74. The number of amides is 1. The largest absolute Gasteiger partial charge is 0.453 e. The van der Waals surface area contributed by atoms with Gasteiger partial charge in [-0.15, -0.1) is 0 Å². The summed E-state index contributed by atoms with van der Waals surface area (Å²) in [6.45, 7) is 0.619. The molecule has 1 amide bonds. The lowest BCUT2D eigenvalue weighted by Gasteiger charge is -2.34. The molecule has 0 bridgehead atoms. The number of hydrogen-bond donors (Lipinski definition) is 1. The van der Waals surface area contributed by atoms with E-state index in [2.05, 4.69) is 39.5 Å². The number of hydrogen-bond acceptors (Lipinski definition) is 3. The van der Waals surface area contributed by atoms with Crippen molar-refractivity contribution < 1.29 is 9.53 Å². The second-order valence-electron chi connectivity index (χ2n) is 5.90. The Labute approximate surface area is 156 Å². The Bertz CT molecular complexity index is 790. The average Bonchev–Trinajstić information content (AvgIpc) is 2.67. The maximum atomic E-state index is 12.2. The molecule has 4 nitrogen and oxygen atoms in total. The summed E-state index contributed by atoms with van der Waals surface area (Å²) in [5.41, 5.74) is 4.53. The van der Waals surface area contributed by atoms with E-state index in [9.17, 15) is 4.79 Å². The molecule has 0 radical (unpaired) electrons. The van der Waals surface area contributed by atoms with Crippen LogP contribution in [0.5, 0.6) is 0 Å². The second-order valence-corrected chi connectivity index (χ2v) is 6.82. The van der Waals surface area contributed by atoms with Crippen LogP contribution in [-0.4, -0.2) is 31.7 Å². The maximum Gasteiger partial charge on any atom is 0.410 e. The van der Waals surface area contributed by atoms with Crippen LogP contribution in [0.2, 0.25) is 0 Å². The number of carbonyl (C=O) groups is 1. The molecule has 0 saturated heterocycles. The van der Waals surface area contributed by atoms with Gasteiger partial charge < -0.3 is 10.1 Å². The molecule has 1 aliphatic heterocycles. The van der Waals surface area contributed by atoms with Crippen LogP contribution in [0.25, 0.3) is 5.57 Å². The van der Waals surface area contributed by atoms with Gasteiger partial charge in [0.25, 0.3) is 0 Å². The van der Waals surface area contributed by atoms with E-state index in [-0.39, 0.29) is 12.1 Å². The van der Waals surface area contributed by atoms with Gasteiger partial charge in [0.1, 0.15) is 0 Å². The molecule has 1 heterocycles. The lowest BCUT2D eigenvalue weighted by molar-refractivity contribution is 0.112. The molecule has 1 atom stereocenters. The normalized spacial score (nSPS) is 17.0. The summed E-state index contributed by atoms with van der Waals surface area (Å²) in [5.74, 6) is 0. The zero-order chi connectivity index (χ0) is 17.8. The number of methoxy groups -OCH3 is 1. The number of nitrogens with one attached hydrogen (secondary N) is 1. The van der Waals surface area contributed by atoms with E-state index in [0.29, 0.717) is 6.54 Å². The Morgan fingerprint density at radius 2 is 2.00 bits per heavy atom. The molecule has 0 aliphatic carbocycles. The van der Waals surface area contributed by atoms with Crippen LogP contribution in [0.1, 0.15) is 23.6 Å². The van der Waals surface area contributed by atoms with Gasteiger partial charge in [-0.1, -0.05) is 52.3 Å². The number of anilines is 1. The molecule has 25 heavy (non-hydrogen) atoms. The molecule has 1 unspecified atom stereocenters. The standard InChI is InChI=1S/C20H21BrN2O2/c1-22-18-9-8-16(21)13-17(18)15-10-11-23(20(24)25-2)19(12-15)14-6-4-3-5-7-14/h3-9,12-13,19,22H,10-11H2,1-2H3. The Morgan fingerprint density at radius 3 is 2.68 bits per heavy atom. The minimum absolute atomic E-state index is 0.138. The van der Waals surface area contributed by atoms with E-state index in [0.717, 1.165) is 27.7 Å². The van der Waals surface area contributed by atoms with Crippen LogP contribution < -0.4 is 5.32 Å². The van der Waals surface area contributed by atoms with Gasteiger partial charge in [-0.25, -0.2) is 4.79 Å². The molecule has 0 aromatic heterocycles. The third-order valence-corrected chi connectivity index (χ3v) is 4.96. The van der Waals surface area contributed by atoms with Crippen LogP contribution in [0.4, 0.5) is 10.5 Å². The van der Waals surface area contributed by atoms with Crippen LogP contribution in [0, 0.1) is 0 Å². The molecular weight excluding hydrogens is 380 g/mol.